The zero-order valence-corrected chi connectivity index (χ0v) is 12.5. The molecule has 7 heteroatoms. The molecule has 0 aliphatic rings. The molecule has 0 aromatic heterocycles. The van der Waals surface area contributed by atoms with Crippen molar-refractivity contribution in [2.45, 2.75) is 25.2 Å². The topological polar surface area (TPSA) is 92.7 Å². The number of carbonyl (C=O) groups is 1. The molecule has 2 N–H and O–H groups in total. The number of methoxy groups -OCH3 is 1. The van der Waals surface area contributed by atoms with Gasteiger partial charge in [0.1, 0.15) is 10.6 Å². The minimum atomic E-state index is -3.72. The van der Waals surface area contributed by atoms with Crippen LogP contribution in [0, 0.1) is 5.92 Å². The van der Waals surface area contributed by atoms with Gasteiger partial charge in [0, 0.05) is 6.54 Å². The van der Waals surface area contributed by atoms with Crippen LogP contribution in [0.2, 0.25) is 0 Å². The number of sulfonamides is 1. The fraction of sp³-hybridized carbons (Fsp3) is 0.462. The molecule has 0 saturated carbocycles. The number of aromatic carboxylic acids is 1. The van der Waals surface area contributed by atoms with Crippen molar-refractivity contribution in [1.82, 2.24) is 4.72 Å². The van der Waals surface area contributed by atoms with Gasteiger partial charge in [0.05, 0.1) is 12.7 Å². The van der Waals surface area contributed by atoms with Crippen molar-refractivity contribution < 1.29 is 23.1 Å². The van der Waals surface area contributed by atoms with Gasteiger partial charge in [-0.2, -0.15) is 0 Å². The second-order valence-electron chi connectivity index (χ2n) is 4.54. The zero-order valence-electron chi connectivity index (χ0n) is 11.7. The molecule has 0 spiro atoms. The van der Waals surface area contributed by atoms with Gasteiger partial charge in [0.15, 0.2) is 0 Å². The summed E-state index contributed by atoms with van der Waals surface area (Å²) in [6, 6.07) is 3.67. The molecule has 0 radical (unpaired) electrons. The maximum Gasteiger partial charge on any atom is 0.335 e. The Morgan fingerprint density at radius 2 is 2.10 bits per heavy atom. The standard InChI is InChI=1S/C13H19NO5S/c1-4-9(2)8-14-20(17,18)12-6-5-10(13(15)16)7-11(12)19-3/h5-7,9,14H,4,8H2,1-3H3,(H,15,16). The number of benzene rings is 1. The lowest BCUT2D eigenvalue weighted by Crippen LogP contribution is -2.28. The lowest BCUT2D eigenvalue weighted by atomic mass is 10.1. The van der Waals surface area contributed by atoms with Gasteiger partial charge in [-0.1, -0.05) is 20.3 Å². The Kier molecular flexibility index (Phi) is 5.52. The summed E-state index contributed by atoms with van der Waals surface area (Å²) in [6.07, 6.45) is 0.859. The largest absolute Gasteiger partial charge is 0.495 e. The van der Waals surface area contributed by atoms with Gasteiger partial charge in [0.2, 0.25) is 10.0 Å². The maximum absolute atomic E-state index is 12.2. The molecule has 1 unspecified atom stereocenters. The lowest BCUT2D eigenvalue weighted by molar-refractivity contribution is 0.0696. The highest BCUT2D eigenvalue weighted by molar-refractivity contribution is 7.89. The van der Waals surface area contributed by atoms with E-state index >= 15 is 0 Å². The van der Waals surface area contributed by atoms with Crippen molar-refractivity contribution in [2.75, 3.05) is 13.7 Å². The summed E-state index contributed by atoms with van der Waals surface area (Å²) in [5.41, 5.74) is -0.0253. The Hall–Kier alpha value is -1.60. The summed E-state index contributed by atoms with van der Waals surface area (Å²) < 4.78 is 31.8. The Balaban J connectivity index is 3.08. The number of nitrogens with one attached hydrogen (secondary N) is 1. The molecule has 20 heavy (non-hydrogen) atoms. The van der Waals surface area contributed by atoms with Gasteiger partial charge in [0.25, 0.3) is 0 Å². The predicted molar refractivity (Wildman–Crippen MR) is 74.6 cm³/mol. The van der Waals surface area contributed by atoms with Crippen molar-refractivity contribution in [1.29, 1.82) is 0 Å². The van der Waals surface area contributed by atoms with Crippen LogP contribution in [0.4, 0.5) is 0 Å². The van der Waals surface area contributed by atoms with Crippen molar-refractivity contribution in [3.63, 3.8) is 0 Å². The molecular weight excluding hydrogens is 282 g/mol. The van der Waals surface area contributed by atoms with Crippen molar-refractivity contribution in [2.24, 2.45) is 5.92 Å². The Bertz CT molecular complexity index is 582. The van der Waals surface area contributed by atoms with Crippen molar-refractivity contribution in [3.05, 3.63) is 23.8 Å². The SMILES string of the molecule is CCC(C)CNS(=O)(=O)c1ccc(C(=O)O)cc1OC. The molecule has 0 heterocycles. The quantitative estimate of drug-likeness (QED) is 0.800. The normalized spacial score (nSPS) is 12.9. The fourth-order valence-corrected chi connectivity index (χ4v) is 2.81. The number of carboxylic acid groups (broad SMARTS) is 1. The van der Waals surface area contributed by atoms with E-state index in [0.717, 1.165) is 6.42 Å². The molecule has 0 fully saturated rings. The number of ether oxygens (including phenoxy) is 1. The first kappa shape index (κ1) is 16.5. The minimum absolute atomic E-state index is 0.0153. The zero-order chi connectivity index (χ0) is 15.3. The van der Waals surface area contributed by atoms with E-state index in [2.05, 4.69) is 4.72 Å². The molecule has 1 rings (SSSR count). The van der Waals surface area contributed by atoms with E-state index in [-0.39, 0.29) is 22.1 Å². The molecule has 1 aromatic rings. The summed E-state index contributed by atoms with van der Waals surface area (Å²) >= 11 is 0. The Labute approximate surface area is 118 Å². The Morgan fingerprint density at radius 1 is 1.45 bits per heavy atom. The molecule has 1 atom stereocenters. The third-order valence-corrected chi connectivity index (χ3v) is 4.48. The van der Waals surface area contributed by atoms with Crippen LogP contribution in [0.3, 0.4) is 0 Å². The van der Waals surface area contributed by atoms with E-state index in [1.807, 2.05) is 13.8 Å². The number of carboxylic acids is 1. The molecule has 0 aliphatic heterocycles. The molecular formula is C13H19NO5S. The smallest absolute Gasteiger partial charge is 0.335 e. The molecule has 112 valence electrons. The van der Waals surface area contributed by atoms with Gasteiger partial charge in [-0.3, -0.25) is 0 Å². The van der Waals surface area contributed by atoms with Crippen molar-refractivity contribution >= 4 is 16.0 Å². The minimum Gasteiger partial charge on any atom is -0.495 e. The van der Waals surface area contributed by atoms with Crippen LogP contribution < -0.4 is 9.46 Å². The molecule has 0 saturated heterocycles. The van der Waals surface area contributed by atoms with Crippen molar-refractivity contribution in [3.8, 4) is 5.75 Å². The van der Waals surface area contributed by atoms with Crippen LogP contribution in [-0.2, 0) is 10.0 Å². The highest BCUT2D eigenvalue weighted by Gasteiger charge is 2.21. The fourth-order valence-electron chi connectivity index (χ4n) is 1.50. The van der Waals surface area contributed by atoms with Crippen LogP contribution in [0.5, 0.6) is 5.75 Å². The van der Waals surface area contributed by atoms with Crippen LogP contribution in [-0.4, -0.2) is 33.1 Å². The third-order valence-electron chi connectivity index (χ3n) is 3.02. The van der Waals surface area contributed by atoms with Gasteiger partial charge in [-0.15, -0.1) is 0 Å². The molecule has 0 bridgehead atoms. The summed E-state index contributed by atoms with van der Waals surface area (Å²) in [4.78, 5) is 10.8. The average Bonchev–Trinajstić information content (AvgIpc) is 2.43. The van der Waals surface area contributed by atoms with E-state index in [4.69, 9.17) is 9.84 Å². The number of hydrogen-bond acceptors (Lipinski definition) is 4. The first-order valence-electron chi connectivity index (χ1n) is 6.22. The van der Waals surface area contributed by atoms with Crippen LogP contribution >= 0.6 is 0 Å². The van der Waals surface area contributed by atoms with Gasteiger partial charge in [-0.05, 0) is 24.1 Å². The van der Waals surface area contributed by atoms with E-state index in [0.29, 0.717) is 6.54 Å². The second kappa shape index (κ2) is 6.71. The average molecular weight is 301 g/mol. The first-order valence-corrected chi connectivity index (χ1v) is 7.71. The highest BCUT2D eigenvalue weighted by atomic mass is 32.2. The van der Waals surface area contributed by atoms with E-state index in [1.54, 1.807) is 0 Å². The second-order valence-corrected chi connectivity index (χ2v) is 6.27. The van der Waals surface area contributed by atoms with Gasteiger partial charge in [-0.25, -0.2) is 17.9 Å². The van der Waals surface area contributed by atoms with Crippen LogP contribution in [0.15, 0.2) is 23.1 Å². The third kappa shape index (κ3) is 3.94. The maximum atomic E-state index is 12.2. The van der Waals surface area contributed by atoms with Crippen LogP contribution in [0.25, 0.3) is 0 Å². The van der Waals surface area contributed by atoms with E-state index in [1.165, 1.54) is 25.3 Å². The van der Waals surface area contributed by atoms with Crippen LogP contribution in [0.1, 0.15) is 30.6 Å². The highest BCUT2D eigenvalue weighted by Crippen LogP contribution is 2.25. The molecule has 1 aromatic carbocycles. The summed E-state index contributed by atoms with van der Waals surface area (Å²) in [5, 5.41) is 8.89. The van der Waals surface area contributed by atoms with E-state index < -0.39 is 16.0 Å². The first-order chi connectivity index (χ1) is 9.31. The lowest BCUT2D eigenvalue weighted by Gasteiger charge is -2.13. The Morgan fingerprint density at radius 3 is 2.60 bits per heavy atom. The monoisotopic (exact) mass is 301 g/mol. The summed E-state index contributed by atoms with van der Waals surface area (Å²) in [5.74, 6) is -0.907. The number of rotatable bonds is 7. The summed E-state index contributed by atoms with van der Waals surface area (Å²) in [7, 11) is -2.42. The predicted octanol–water partition coefficient (Wildman–Crippen LogP) is 1.72. The molecule has 0 aliphatic carbocycles. The molecule has 6 nitrogen and oxygen atoms in total. The number of hydrogen-bond donors (Lipinski definition) is 2. The van der Waals surface area contributed by atoms with Gasteiger partial charge < -0.3 is 9.84 Å². The molecule has 0 amide bonds. The summed E-state index contributed by atoms with van der Waals surface area (Å²) in [6.45, 7) is 4.23. The van der Waals surface area contributed by atoms with Gasteiger partial charge >= 0.3 is 5.97 Å². The van der Waals surface area contributed by atoms with E-state index in [9.17, 15) is 13.2 Å².